The fourth-order valence-electron chi connectivity index (χ4n) is 2.86. The van der Waals surface area contributed by atoms with Crippen LogP contribution in [0.2, 0.25) is 0 Å². The smallest absolute Gasteiger partial charge is 0.314 e. The highest BCUT2D eigenvalue weighted by Gasteiger charge is 2.18. The lowest BCUT2D eigenvalue weighted by Gasteiger charge is -2.26. The molecule has 0 radical (unpaired) electrons. The van der Waals surface area contributed by atoms with Gasteiger partial charge in [0.1, 0.15) is 0 Å². The van der Waals surface area contributed by atoms with Crippen molar-refractivity contribution in [2.75, 3.05) is 19.7 Å². The van der Waals surface area contributed by atoms with Gasteiger partial charge in [-0.3, -0.25) is 0 Å². The normalized spacial score (nSPS) is 24.8. The molecule has 0 saturated heterocycles. The highest BCUT2D eigenvalue weighted by atomic mass is 16.3. The molecule has 1 saturated carbocycles. The second-order valence-electron chi connectivity index (χ2n) is 6.18. The molecule has 0 heterocycles. The van der Waals surface area contributed by atoms with E-state index in [-0.39, 0.29) is 12.6 Å². The summed E-state index contributed by atoms with van der Waals surface area (Å²) in [6.07, 6.45) is 7.19. The first kappa shape index (κ1) is 16.3. The lowest BCUT2D eigenvalue weighted by atomic mass is 9.81. The molecule has 0 bridgehead atoms. The molecule has 3 unspecified atom stereocenters. The van der Waals surface area contributed by atoms with Gasteiger partial charge in [-0.15, -0.1) is 0 Å². The molecule has 0 spiro atoms. The molecular weight excluding hydrogens is 240 g/mol. The quantitative estimate of drug-likeness (QED) is 0.665. The zero-order valence-electron chi connectivity index (χ0n) is 12.5. The molecule has 2 amide bonds. The van der Waals surface area contributed by atoms with Crippen LogP contribution in [0.3, 0.4) is 0 Å². The number of hydrogen-bond acceptors (Lipinski definition) is 2. The predicted octanol–water partition coefficient (Wildman–Crippen LogP) is 2.52. The maximum atomic E-state index is 11.6. The highest BCUT2D eigenvalue weighted by Crippen LogP contribution is 2.30. The number of carbonyl (C=O) groups is 1. The third-order valence-corrected chi connectivity index (χ3v) is 4.12. The molecule has 1 fully saturated rings. The summed E-state index contributed by atoms with van der Waals surface area (Å²) in [5.41, 5.74) is 0. The molecule has 1 rings (SSSR count). The third-order valence-electron chi connectivity index (χ3n) is 4.12. The first-order chi connectivity index (χ1) is 9.11. The van der Waals surface area contributed by atoms with Gasteiger partial charge in [0.2, 0.25) is 0 Å². The standard InChI is InChI=1S/C15H30N2O2/c1-12-4-3-5-14(10-12)6-8-16-15(19)17-11-13(2)7-9-18/h12-14,18H,3-11H2,1-2H3,(H2,16,17,19). The molecule has 19 heavy (non-hydrogen) atoms. The number of aliphatic hydroxyl groups is 1. The van der Waals surface area contributed by atoms with Crippen LogP contribution in [0.25, 0.3) is 0 Å². The van der Waals surface area contributed by atoms with E-state index < -0.39 is 0 Å². The van der Waals surface area contributed by atoms with Crippen LogP contribution < -0.4 is 10.6 Å². The molecule has 0 aromatic heterocycles. The Kier molecular flexibility index (Phi) is 7.87. The van der Waals surface area contributed by atoms with Crippen LogP contribution in [-0.2, 0) is 0 Å². The Morgan fingerprint density at radius 3 is 2.84 bits per heavy atom. The second-order valence-corrected chi connectivity index (χ2v) is 6.18. The maximum Gasteiger partial charge on any atom is 0.314 e. The summed E-state index contributed by atoms with van der Waals surface area (Å²) in [6.45, 7) is 5.95. The number of urea groups is 1. The molecule has 1 aliphatic rings. The van der Waals surface area contributed by atoms with Crippen molar-refractivity contribution in [3.05, 3.63) is 0 Å². The molecule has 3 atom stereocenters. The highest BCUT2D eigenvalue weighted by molar-refractivity contribution is 5.73. The molecule has 0 aliphatic heterocycles. The van der Waals surface area contributed by atoms with E-state index in [2.05, 4.69) is 17.6 Å². The fourth-order valence-corrected chi connectivity index (χ4v) is 2.86. The van der Waals surface area contributed by atoms with Gasteiger partial charge in [-0.05, 0) is 37.0 Å². The Balaban J connectivity index is 2.03. The molecule has 1 aliphatic carbocycles. The molecular formula is C15H30N2O2. The van der Waals surface area contributed by atoms with Crippen LogP contribution in [0.1, 0.15) is 52.4 Å². The van der Waals surface area contributed by atoms with Crippen LogP contribution >= 0.6 is 0 Å². The Bertz CT molecular complexity index is 259. The van der Waals surface area contributed by atoms with Crippen LogP contribution in [0.5, 0.6) is 0 Å². The van der Waals surface area contributed by atoms with Crippen molar-refractivity contribution >= 4 is 6.03 Å². The third kappa shape index (κ3) is 7.41. The molecule has 4 heteroatoms. The van der Waals surface area contributed by atoms with Crippen molar-refractivity contribution in [1.82, 2.24) is 10.6 Å². The monoisotopic (exact) mass is 270 g/mol. The topological polar surface area (TPSA) is 61.4 Å². The molecule has 112 valence electrons. The van der Waals surface area contributed by atoms with Gasteiger partial charge in [0, 0.05) is 19.7 Å². The van der Waals surface area contributed by atoms with E-state index >= 15 is 0 Å². The number of amides is 2. The van der Waals surface area contributed by atoms with Crippen LogP contribution in [0.4, 0.5) is 4.79 Å². The molecule has 3 N–H and O–H groups in total. The van der Waals surface area contributed by atoms with E-state index in [9.17, 15) is 4.79 Å². The average molecular weight is 270 g/mol. The van der Waals surface area contributed by atoms with Crippen molar-refractivity contribution < 1.29 is 9.90 Å². The van der Waals surface area contributed by atoms with Crippen LogP contribution in [0.15, 0.2) is 0 Å². The van der Waals surface area contributed by atoms with Crippen molar-refractivity contribution in [2.24, 2.45) is 17.8 Å². The van der Waals surface area contributed by atoms with Gasteiger partial charge in [-0.2, -0.15) is 0 Å². The summed E-state index contributed by atoms with van der Waals surface area (Å²) >= 11 is 0. The Labute approximate surface area is 117 Å². The summed E-state index contributed by atoms with van der Waals surface area (Å²) < 4.78 is 0. The number of aliphatic hydroxyl groups excluding tert-OH is 1. The minimum Gasteiger partial charge on any atom is -0.396 e. The van der Waals surface area contributed by atoms with E-state index in [1.807, 2.05) is 6.92 Å². The average Bonchev–Trinajstić information content (AvgIpc) is 2.37. The minimum absolute atomic E-state index is 0.0753. The van der Waals surface area contributed by atoms with Gasteiger partial charge in [-0.25, -0.2) is 4.79 Å². The Morgan fingerprint density at radius 2 is 2.16 bits per heavy atom. The van der Waals surface area contributed by atoms with Gasteiger partial charge < -0.3 is 15.7 Å². The van der Waals surface area contributed by atoms with Crippen molar-refractivity contribution in [3.8, 4) is 0 Å². The maximum absolute atomic E-state index is 11.6. The van der Waals surface area contributed by atoms with E-state index in [0.717, 1.165) is 31.2 Å². The predicted molar refractivity (Wildman–Crippen MR) is 78.0 cm³/mol. The molecule has 0 aromatic rings. The summed E-state index contributed by atoms with van der Waals surface area (Å²) in [4.78, 5) is 11.6. The van der Waals surface area contributed by atoms with E-state index in [1.54, 1.807) is 0 Å². The van der Waals surface area contributed by atoms with Gasteiger partial charge in [-0.1, -0.05) is 33.1 Å². The number of rotatable bonds is 7. The first-order valence-electron chi connectivity index (χ1n) is 7.74. The molecule has 0 aromatic carbocycles. The zero-order valence-corrected chi connectivity index (χ0v) is 12.5. The minimum atomic E-state index is -0.0753. The Morgan fingerprint density at radius 1 is 1.37 bits per heavy atom. The van der Waals surface area contributed by atoms with E-state index in [1.165, 1.54) is 25.7 Å². The molecule has 4 nitrogen and oxygen atoms in total. The number of carbonyl (C=O) groups excluding carboxylic acids is 1. The fraction of sp³-hybridized carbons (Fsp3) is 0.933. The summed E-state index contributed by atoms with van der Waals surface area (Å²) in [5.74, 6) is 1.97. The SMILES string of the molecule is CC(CCO)CNC(=O)NCCC1CCCC(C)C1. The van der Waals surface area contributed by atoms with Crippen molar-refractivity contribution in [1.29, 1.82) is 0 Å². The van der Waals surface area contributed by atoms with Gasteiger partial charge >= 0.3 is 6.03 Å². The van der Waals surface area contributed by atoms with Crippen molar-refractivity contribution in [3.63, 3.8) is 0 Å². The van der Waals surface area contributed by atoms with E-state index in [4.69, 9.17) is 5.11 Å². The lowest BCUT2D eigenvalue weighted by Crippen LogP contribution is -2.39. The van der Waals surface area contributed by atoms with E-state index in [0.29, 0.717) is 12.5 Å². The van der Waals surface area contributed by atoms with Crippen molar-refractivity contribution in [2.45, 2.75) is 52.4 Å². The Hall–Kier alpha value is -0.770. The number of nitrogens with one attached hydrogen (secondary N) is 2. The van der Waals surface area contributed by atoms with Crippen LogP contribution in [-0.4, -0.2) is 30.8 Å². The van der Waals surface area contributed by atoms with Gasteiger partial charge in [0.25, 0.3) is 0 Å². The van der Waals surface area contributed by atoms with Gasteiger partial charge in [0.15, 0.2) is 0 Å². The second kappa shape index (κ2) is 9.18. The summed E-state index contributed by atoms with van der Waals surface area (Å²) in [6, 6.07) is -0.0753. The largest absolute Gasteiger partial charge is 0.396 e. The zero-order chi connectivity index (χ0) is 14.1. The van der Waals surface area contributed by atoms with Gasteiger partial charge in [0.05, 0.1) is 0 Å². The van der Waals surface area contributed by atoms with Crippen LogP contribution in [0, 0.1) is 17.8 Å². The first-order valence-corrected chi connectivity index (χ1v) is 7.74. The summed E-state index contributed by atoms with van der Waals surface area (Å²) in [5, 5.41) is 14.6. The number of hydrogen-bond donors (Lipinski definition) is 3. The summed E-state index contributed by atoms with van der Waals surface area (Å²) in [7, 11) is 0. The lowest BCUT2D eigenvalue weighted by molar-refractivity contribution is 0.230.